The Balaban J connectivity index is 0.00000289. The first-order valence-electron chi connectivity index (χ1n) is 4.02. The standard InChI is InChI=1S/C8H6NO7S.Na/c10-7(11)4-1-2-5(8(12)13)6(3-4)9-17(14,15)16;/h1-3H,(H,10,11)(H,12,13)(H,14,15,16);/q-1;+1. The Morgan fingerprint density at radius 1 is 1.11 bits per heavy atom. The van der Waals surface area contributed by atoms with Gasteiger partial charge in [-0.3, -0.25) is 4.55 Å². The molecule has 0 aromatic heterocycles. The Hall–Kier alpha value is -1.13. The number of hydrogen-bond donors (Lipinski definition) is 3. The number of benzene rings is 1. The number of carboxylic acid groups (broad SMARTS) is 2. The summed E-state index contributed by atoms with van der Waals surface area (Å²) in [5.41, 5.74) is -1.54. The maximum atomic E-state index is 10.7. The van der Waals surface area contributed by atoms with Gasteiger partial charge in [0.2, 0.25) is 10.3 Å². The molecular formula is C8H6NNaO7S. The van der Waals surface area contributed by atoms with Crippen molar-refractivity contribution in [1.82, 2.24) is 0 Å². The minimum absolute atomic E-state index is 0. The minimum Gasteiger partial charge on any atom is -0.553 e. The van der Waals surface area contributed by atoms with E-state index in [2.05, 4.69) is 4.72 Å². The molecule has 18 heavy (non-hydrogen) atoms. The van der Waals surface area contributed by atoms with Crippen LogP contribution in [0.5, 0.6) is 0 Å². The van der Waals surface area contributed by atoms with Gasteiger partial charge in [-0.1, -0.05) is 6.07 Å². The molecule has 0 fully saturated rings. The summed E-state index contributed by atoms with van der Waals surface area (Å²) < 4.78 is 32.2. The Bertz CT molecular complexity index is 583. The molecule has 8 nitrogen and oxygen atoms in total. The van der Waals surface area contributed by atoms with Crippen LogP contribution in [0.2, 0.25) is 0 Å². The summed E-state index contributed by atoms with van der Waals surface area (Å²) in [7, 11) is -4.81. The quantitative estimate of drug-likeness (QED) is 0.424. The number of carbonyl (C=O) groups is 2. The molecule has 92 valence electrons. The maximum absolute atomic E-state index is 10.7. The Morgan fingerprint density at radius 3 is 2.06 bits per heavy atom. The SMILES string of the molecule is O=C(O)c1ccc(C(=O)O)c([N-]S(=O)(=O)O)c1.[Na+]. The van der Waals surface area contributed by atoms with Gasteiger partial charge in [-0.2, -0.15) is 0 Å². The molecule has 3 N–H and O–H groups in total. The predicted octanol–water partition coefficient (Wildman–Crippen LogP) is -2.10. The molecule has 0 aliphatic carbocycles. The molecule has 0 saturated carbocycles. The van der Waals surface area contributed by atoms with Crippen molar-refractivity contribution in [1.29, 1.82) is 0 Å². The number of nitrogens with zero attached hydrogens (tertiary/aromatic N) is 1. The van der Waals surface area contributed by atoms with Crippen LogP contribution >= 0.6 is 0 Å². The summed E-state index contributed by atoms with van der Waals surface area (Å²) in [6.07, 6.45) is 0. The first kappa shape index (κ1) is 16.9. The van der Waals surface area contributed by atoms with Crippen LogP contribution in [0, 0.1) is 0 Å². The fourth-order valence-electron chi connectivity index (χ4n) is 1.05. The minimum atomic E-state index is -4.81. The van der Waals surface area contributed by atoms with Crippen LogP contribution in [0.4, 0.5) is 5.69 Å². The van der Waals surface area contributed by atoms with E-state index in [-0.39, 0.29) is 35.1 Å². The normalized spacial score (nSPS) is 10.3. The van der Waals surface area contributed by atoms with Crippen molar-refractivity contribution in [3.8, 4) is 0 Å². The zero-order valence-electron chi connectivity index (χ0n) is 9.06. The van der Waals surface area contributed by atoms with E-state index in [9.17, 15) is 18.0 Å². The van der Waals surface area contributed by atoms with Gasteiger partial charge in [0.15, 0.2) is 0 Å². The first-order chi connectivity index (χ1) is 7.70. The van der Waals surface area contributed by atoms with Crippen LogP contribution in [-0.4, -0.2) is 35.1 Å². The Morgan fingerprint density at radius 2 is 1.67 bits per heavy atom. The van der Waals surface area contributed by atoms with Gasteiger partial charge in [-0.05, 0) is 12.1 Å². The second-order valence-corrected chi connectivity index (χ2v) is 3.96. The van der Waals surface area contributed by atoms with Crippen LogP contribution in [0.15, 0.2) is 18.2 Å². The van der Waals surface area contributed by atoms with E-state index in [1.807, 2.05) is 0 Å². The van der Waals surface area contributed by atoms with Crippen molar-refractivity contribution < 1.29 is 62.3 Å². The Kier molecular flexibility index (Phi) is 5.77. The van der Waals surface area contributed by atoms with Crippen molar-refractivity contribution in [3.63, 3.8) is 0 Å². The molecule has 0 aliphatic heterocycles. The Labute approximate surface area is 124 Å². The molecule has 0 aliphatic rings. The van der Waals surface area contributed by atoms with Gasteiger partial charge < -0.3 is 14.9 Å². The molecule has 0 spiro atoms. The summed E-state index contributed by atoms with van der Waals surface area (Å²) >= 11 is 0. The summed E-state index contributed by atoms with van der Waals surface area (Å²) in [5, 5.41) is 17.3. The van der Waals surface area contributed by atoms with Gasteiger partial charge in [0.25, 0.3) is 0 Å². The first-order valence-corrected chi connectivity index (χ1v) is 5.41. The van der Waals surface area contributed by atoms with Gasteiger partial charge in [-0.15, -0.1) is 5.69 Å². The van der Waals surface area contributed by atoms with Crippen LogP contribution in [0.1, 0.15) is 20.7 Å². The zero-order valence-corrected chi connectivity index (χ0v) is 11.9. The second-order valence-electron chi connectivity index (χ2n) is 2.88. The molecule has 1 aromatic carbocycles. The van der Waals surface area contributed by atoms with Crippen molar-refractivity contribution >= 4 is 27.9 Å². The van der Waals surface area contributed by atoms with E-state index in [0.29, 0.717) is 0 Å². The summed E-state index contributed by atoms with van der Waals surface area (Å²) in [6.45, 7) is 0. The van der Waals surface area contributed by atoms with Crippen molar-refractivity contribution in [3.05, 3.63) is 34.0 Å². The number of hydrogen-bond acceptors (Lipinski definition) is 4. The molecule has 0 amide bonds. The summed E-state index contributed by atoms with van der Waals surface area (Å²) in [4.78, 5) is 21.3. The summed E-state index contributed by atoms with van der Waals surface area (Å²) in [5.74, 6) is -2.88. The fourth-order valence-corrected chi connectivity index (χ4v) is 1.44. The average Bonchev–Trinajstić information content (AvgIpc) is 2.14. The maximum Gasteiger partial charge on any atom is 1.00 e. The van der Waals surface area contributed by atoms with Crippen LogP contribution < -0.4 is 29.6 Å². The molecule has 0 atom stereocenters. The van der Waals surface area contributed by atoms with E-state index < -0.39 is 33.5 Å². The van der Waals surface area contributed by atoms with E-state index in [0.717, 1.165) is 18.2 Å². The van der Waals surface area contributed by atoms with Gasteiger partial charge in [-0.25, -0.2) is 18.0 Å². The second kappa shape index (κ2) is 6.16. The molecule has 1 rings (SSSR count). The van der Waals surface area contributed by atoms with Crippen LogP contribution in [-0.2, 0) is 10.3 Å². The van der Waals surface area contributed by atoms with E-state index >= 15 is 0 Å². The van der Waals surface area contributed by atoms with Gasteiger partial charge in [0, 0.05) is 5.56 Å². The van der Waals surface area contributed by atoms with Crippen molar-refractivity contribution in [2.24, 2.45) is 0 Å². The third-order valence-electron chi connectivity index (χ3n) is 1.69. The molecule has 0 unspecified atom stereocenters. The zero-order chi connectivity index (χ0) is 13.2. The largest absolute Gasteiger partial charge is 1.00 e. The summed E-state index contributed by atoms with van der Waals surface area (Å²) in [6, 6.07) is 2.60. The number of rotatable bonds is 4. The van der Waals surface area contributed by atoms with E-state index in [1.165, 1.54) is 0 Å². The van der Waals surface area contributed by atoms with Crippen molar-refractivity contribution in [2.75, 3.05) is 0 Å². The molecule has 10 heteroatoms. The van der Waals surface area contributed by atoms with E-state index in [4.69, 9.17) is 14.8 Å². The molecule has 0 heterocycles. The van der Waals surface area contributed by atoms with Crippen LogP contribution in [0.25, 0.3) is 4.72 Å². The van der Waals surface area contributed by atoms with Gasteiger partial charge in [0.1, 0.15) is 0 Å². The molecule has 0 bridgehead atoms. The molecule has 0 radical (unpaired) electrons. The van der Waals surface area contributed by atoms with Crippen LogP contribution in [0.3, 0.4) is 0 Å². The van der Waals surface area contributed by atoms with Crippen molar-refractivity contribution in [2.45, 2.75) is 0 Å². The third kappa shape index (κ3) is 4.63. The third-order valence-corrected chi connectivity index (χ3v) is 2.12. The number of carboxylic acids is 2. The predicted molar refractivity (Wildman–Crippen MR) is 54.9 cm³/mol. The molecule has 1 aromatic rings. The van der Waals surface area contributed by atoms with Gasteiger partial charge >= 0.3 is 41.5 Å². The molecule has 0 saturated heterocycles. The monoisotopic (exact) mass is 283 g/mol. The van der Waals surface area contributed by atoms with E-state index in [1.54, 1.807) is 0 Å². The number of aromatic carboxylic acids is 2. The average molecular weight is 283 g/mol. The smallest absolute Gasteiger partial charge is 0.553 e. The van der Waals surface area contributed by atoms with Gasteiger partial charge in [0.05, 0.1) is 5.56 Å². The fraction of sp³-hybridized carbons (Fsp3) is 0. The molecular weight excluding hydrogens is 277 g/mol. The topological polar surface area (TPSA) is 143 Å².